The second-order valence-corrected chi connectivity index (χ2v) is 4.70. The number of nitrogens with zero attached hydrogens (tertiary/aromatic N) is 2. The highest BCUT2D eigenvalue weighted by Crippen LogP contribution is 2.19. The predicted molar refractivity (Wildman–Crippen MR) is 75.0 cm³/mol. The lowest BCUT2D eigenvalue weighted by molar-refractivity contribution is 0.229. The van der Waals surface area contributed by atoms with Crippen molar-refractivity contribution in [2.45, 2.75) is 33.6 Å². The standard InChI is InChI=1S/C13H24N4O/c1-9(8-18)6-5-7-15-13-10(2)12(14-4)16-11(3)17-13/h9,18H,5-8H2,1-4H3,(H2,14,15,16,17). The first-order chi connectivity index (χ1) is 8.58. The summed E-state index contributed by atoms with van der Waals surface area (Å²) in [7, 11) is 1.86. The van der Waals surface area contributed by atoms with Gasteiger partial charge in [0.25, 0.3) is 0 Å². The van der Waals surface area contributed by atoms with Crippen LogP contribution in [0.1, 0.15) is 31.2 Å². The number of rotatable bonds is 7. The first kappa shape index (κ1) is 14.7. The van der Waals surface area contributed by atoms with Gasteiger partial charge in [-0.2, -0.15) is 0 Å². The van der Waals surface area contributed by atoms with Gasteiger partial charge in [-0.3, -0.25) is 0 Å². The van der Waals surface area contributed by atoms with Crippen molar-refractivity contribution in [3.63, 3.8) is 0 Å². The average molecular weight is 252 g/mol. The predicted octanol–water partition coefficient (Wildman–Crippen LogP) is 1.96. The summed E-state index contributed by atoms with van der Waals surface area (Å²) in [6, 6.07) is 0. The molecule has 0 aliphatic heterocycles. The molecule has 1 unspecified atom stereocenters. The maximum absolute atomic E-state index is 8.95. The number of hydrogen-bond donors (Lipinski definition) is 3. The highest BCUT2D eigenvalue weighted by Gasteiger charge is 2.07. The third kappa shape index (κ3) is 4.14. The molecule has 0 saturated heterocycles. The normalized spacial score (nSPS) is 12.3. The fourth-order valence-electron chi connectivity index (χ4n) is 1.79. The number of aromatic nitrogens is 2. The van der Waals surface area contributed by atoms with Crippen LogP contribution >= 0.6 is 0 Å². The van der Waals surface area contributed by atoms with Crippen LogP contribution in [0.2, 0.25) is 0 Å². The van der Waals surface area contributed by atoms with Crippen LogP contribution in [0.15, 0.2) is 0 Å². The first-order valence-corrected chi connectivity index (χ1v) is 6.46. The lowest BCUT2D eigenvalue weighted by atomic mass is 10.1. The number of anilines is 2. The summed E-state index contributed by atoms with van der Waals surface area (Å²) in [5.41, 5.74) is 1.04. The zero-order chi connectivity index (χ0) is 13.5. The second-order valence-electron chi connectivity index (χ2n) is 4.70. The van der Waals surface area contributed by atoms with E-state index in [1.165, 1.54) is 0 Å². The van der Waals surface area contributed by atoms with Crippen molar-refractivity contribution in [3.8, 4) is 0 Å². The molecule has 1 heterocycles. The highest BCUT2D eigenvalue weighted by molar-refractivity contribution is 5.56. The van der Waals surface area contributed by atoms with Gasteiger partial charge in [0, 0.05) is 25.8 Å². The lowest BCUT2D eigenvalue weighted by Crippen LogP contribution is -2.11. The van der Waals surface area contributed by atoms with Gasteiger partial charge < -0.3 is 15.7 Å². The van der Waals surface area contributed by atoms with E-state index in [0.29, 0.717) is 5.92 Å². The minimum absolute atomic E-state index is 0.259. The Morgan fingerprint density at radius 1 is 1.22 bits per heavy atom. The molecule has 0 aliphatic rings. The van der Waals surface area contributed by atoms with Crippen molar-refractivity contribution < 1.29 is 5.11 Å². The summed E-state index contributed by atoms with van der Waals surface area (Å²) in [6.07, 6.45) is 2.05. The summed E-state index contributed by atoms with van der Waals surface area (Å²) in [5.74, 6) is 2.89. The van der Waals surface area contributed by atoms with E-state index in [9.17, 15) is 0 Å². The molecule has 0 bridgehead atoms. The van der Waals surface area contributed by atoms with Gasteiger partial charge in [0.1, 0.15) is 17.5 Å². The maximum Gasteiger partial charge on any atom is 0.134 e. The quantitative estimate of drug-likeness (QED) is 0.647. The van der Waals surface area contributed by atoms with E-state index >= 15 is 0 Å². The van der Waals surface area contributed by atoms with E-state index in [2.05, 4.69) is 27.5 Å². The molecule has 102 valence electrons. The SMILES string of the molecule is CNc1nc(C)nc(NCCCC(C)CO)c1C. The van der Waals surface area contributed by atoms with Crippen LogP contribution in [-0.2, 0) is 0 Å². The van der Waals surface area contributed by atoms with E-state index < -0.39 is 0 Å². The van der Waals surface area contributed by atoms with Crippen molar-refractivity contribution in [2.24, 2.45) is 5.92 Å². The van der Waals surface area contributed by atoms with Gasteiger partial charge in [0.05, 0.1) is 0 Å². The molecule has 0 aromatic carbocycles. The fraction of sp³-hybridized carbons (Fsp3) is 0.692. The van der Waals surface area contributed by atoms with Crippen LogP contribution in [-0.4, -0.2) is 35.3 Å². The smallest absolute Gasteiger partial charge is 0.134 e. The minimum Gasteiger partial charge on any atom is -0.396 e. The molecule has 3 N–H and O–H groups in total. The molecule has 0 saturated carbocycles. The Labute approximate surface area is 109 Å². The van der Waals surface area contributed by atoms with Gasteiger partial charge in [-0.15, -0.1) is 0 Å². The van der Waals surface area contributed by atoms with Gasteiger partial charge in [0.2, 0.25) is 0 Å². The molecular formula is C13H24N4O. The molecule has 0 amide bonds. The Kier molecular flexibility index (Phi) is 5.85. The molecule has 1 aromatic heterocycles. The zero-order valence-corrected chi connectivity index (χ0v) is 11.7. The van der Waals surface area contributed by atoms with Gasteiger partial charge in [-0.05, 0) is 32.6 Å². The third-order valence-corrected chi connectivity index (χ3v) is 2.97. The summed E-state index contributed by atoms with van der Waals surface area (Å²) < 4.78 is 0. The fourth-order valence-corrected chi connectivity index (χ4v) is 1.79. The van der Waals surface area contributed by atoms with Gasteiger partial charge in [0.15, 0.2) is 0 Å². The van der Waals surface area contributed by atoms with Crippen LogP contribution in [0.5, 0.6) is 0 Å². The molecule has 18 heavy (non-hydrogen) atoms. The second kappa shape index (κ2) is 7.16. The number of nitrogens with one attached hydrogen (secondary N) is 2. The number of aliphatic hydroxyl groups is 1. The molecule has 0 spiro atoms. The van der Waals surface area contributed by atoms with E-state index in [4.69, 9.17) is 5.11 Å². The molecule has 0 fully saturated rings. The first-order valence-electron chi connectivity index (χ1n) is 6.46. The van der Waals surface area contributed by atoms with Crippen LogP contribution in [0.3, 0.4) is 0 Å². The Morgan fingerprint density at radius 3 is 2.50 bits per heavy atom. The summed E-state index contributed by atoms with van der Waals surface area (Å²) in [4.78, 5) is 8.73. The van der Waals surface area contributed by atoms with Gasteiger partial charge >= 0.3 is 0 Å². The van der Waals surface area contributed by atoms with E-state index in [0.717, 1.165) is 42.4 Å². The topological polar surface area (TPSA) is 70.1 Å². The monoisotopic (exact) mass is 252 g/mol. The molecular weight excluding hydrogens is 228 g/mol. The van der Waals surface area contributed by atoms with Crippen LogP contribution in [0, 0.1) is 19.8 Å². The Bertz CT molecular complexity index is 381. The van der Waals surface area contributed by atoms with Crippen molar-refractivity contribution in [1.82, 2.24) is 9.97 Å². The van der Waals surface area contributed by atoms with Crippen LogP contribution < -0.4 is 10.6 Å². The summed E-state index contributed by atoms with van der Waals surface area (Å²) in [5, 5.41) is 15.4. The zero-order valence-electron chi connectivity index (χ0n) is 11.7. The molecule has 0 aliphatic carbocycles. The van der Waals surface area contributed by atoms with Crippen molar-refractivity contribution in [2.75, 3.05) is 30.8 Å². The molecule has 5 nitrogen and oxygen atoms in total. The van der Waals surface area contributed by atoms with Crippen LogP contribution in [0.4, 0.5) is 11.6 Å². The lowest BCUT2D eigenvalue weighted by Gasteiger charge is -2.13. The Hall–Kier alpha value is -1.36. The molecule has 0 radical (unpaired) electrons. The van der Waals surface area contributed by atoms with Crippen LogP contribution in [0.25, 0.3) is 0 Å². The van der Waals surface area contributed by atoms with Gasteiger partial charge in [-0.25, -0.2) is 9.97 Å². The largest absolute Gasteiger partial charge is 0.396 e. The summed E-state index contributed by atoms with van der Waals surface area (Å²) >= 11 is 0. The number of aliphatic hydroxyl groups excluding tert-OH is 1. The van der Waals surface area contributed by atoms with Crippen molar-refractivity contribution in [1.29, 1.82) is 0 Å². The van der Waals surface area contributed by atoms with E-state index in [-0.39, 0.29) is 6.61 Å². The molecule has 1 atom stereocenters. The van der Waals surface area contributed by atoms with E-state index in [1.54, 1.807) is 0 Å². The molecule has 5 heteroatoms. The van der Waals surface area contributed by atoms with Gasteiger partial charge in [-0.1, -0.05) is 6.92 Å². The minimum atomic E-state index is 0.259. The summed E-state index contributed by atoms with van der Waals surface area (Å²) in [6.45, 7) is 7.07. The Morgan fingerprint density at radius 2 is 1.89 bits per heavy atom. The average Bonchev–Trinajstić information content (AvgIpc) is 2.37. The van der Waals surface area contributed by atoms with Crippen molar-refractivity contribution >= 4 is 11.6 Å². The molecule has 1 rings (SSSR count). The third-order valence-electron chi connectivity index (χ3n) is 2.97. The van der Waals surface area contributed by atoms with Crippen molar-refractivity contribution in [3.05, 3.63) is 11.4 Å². The number of aryl methyl sites for hydroxylation is 1. The number of hydrogen-bond acceptors (Lipinski definition) is 5. The Balaban J connectivity index is 2.54. The molecule has 1 aromatic rings. The highest BCUT2D eigenvalue weighted by atomic mass is 16.3. The van der Waals surface area contributed by atoms with E-state index in [1.807, 2.05) is 20.9 Å². The maximum atomic E-state index is 8.95.